The quantitative estimate of drug-likeness (QED) is 0.764. The van der Waals surface area contributed by atoms with Crippen LogP contribution in [0.4, 0.5) is 5.13 Å². The second kappa shape index (κ2) is 3.58. The van der Waals surface area contributed by atoms with Crippen LogP contribution in [0.15, 0.2) is 6.33 Å². The number of halogens is 1. The van der Waals surface area contributed by atoms with Gasteiger partial charge in [-0.25, -0.2) is 4.98 Å². The van der Waals surface area contributed by atoms with E-state index >= 15 is 0 Å². The van der Waals surface area contributed by atoms with Gasteiger partial charge in [-0.3, -0.25) is 0 Å². The number of nitrogens with zero attached hydrogens (tertiary/aromatic N) is 2. The SMILES string of the molecule is ClC1CC(CNc2ncns2)C1. The van der Waals surface area contributed by atoms with Crippen molar-refractivity contribution in [2.24, 2.45) is 5.92 Å². The molecule has 1 saturated carbocycles. The molecule has 1 aliphatic rings. The van der Waals surface area contributed by atoms with Gasteiger partial charge in [-0.1, -0.05) is 0 Å². The summed E-state index contributed by atoms with van der Waals surface area (Å²) in [6.07, 6.45) is 3.83. The Balaban J connectivity index is 1.70. The van der Waals surface area contributed by atoms with Crippen molar-refractivity contribution >= 4 is 28.3 Å². The van der Waals surface area contributed by atoms with Crippen LogP contribution < -0.4 is 5.32 Å². The Kier molecular flexibility index (Phi) is 2.46. The van der Waals surface area contributed by atoms with Crippen LogP contribution in [0.1, 0.15) is 12.8 Å². The molecule has 0 radical (unpaired) electrons. The van der Waals surface area contributed by atoms with E-state index in [1.54, 1.807) is 6.33 Å². The summed E-state index contributed by atoms with van der Waals surface area (Å²) in [5.41, 5.74) is 0. The molecule has 0 saturated heterocycles. The molecule has 3 nitrogen and oxygen atoms in total. The molecular formula is C7H10ClN3S. The highest BCUT2D eigenvalue weighted by molar-refractivity contribution is 7.09. The fourth-order valence-corrected chi connectivity index (χ4v) is 2.24. The number of rotatable bonds is 3. The van der Waals surface area contributed by atoms with Crippen molar-refractivity contribution in [2.75, 3.05) is 11.9 Å². The predicted octanol–water partition coefficient (Wildman–Crippen LogP) is 1.97. The largest absolute Gasteiger partial charge is 0.360 e. The molecule has 0 bridgehead atoms. The van der Waals surface area contributed by atoms with Gasteiger partial charge in [0, 0.05) is 23.5 Å². The highest BCUT2D eigenvalue weighted by Gasteiger charge is 2.26. The standard InChI is InChI=1S/C7H10ClN3S/c8-6-1-5(2-6)3-9-7-10-4-11-12-7/h4-6H,1-3H2,(H,9,10,11). The van der Waals surface area contributed by atoms with Crippen LogP contribution in [0.3, 0.4) is 0 Å². The maximum atomic E-state index is 5.85. The lowest BCUT2D eigenvalue weighted by atomic mass is 9.85. The maximum absolute atomic E-state index is 5.85. The van der Waals surface area contributed by atoms with Gasteiger partial charge in [0.25, 0.3) is 0 Å². The summed E-state index contributed by atoms with van der Waals surface area (Å²) in [5, 5.41) is 4.55. The molecule has 2 rings (SSSR count). The smallest absolute Gasteiger partial charge is 0.202 e. The van der Waals surface area contributed by atoms with Crippen LogP contribution in [-0.2, 0) is 0 Å². The van der Waals surface area contributed by atoms with E-state index in [1.807, 2.05) is 0 Å². The highest BCUT2D eigenvalue weighted by Crippen LogP contribution is 2.31. The second-order valence-electron chi connectivity index (χ2n) is 3.06. The monoisotopic (exact) mass is 203 g/mol. The van der Waals surface area contributed by atoms with Crippen LogP contribution in [0.25, 0.3) is 0 Å². The van der Waals surface area contributed by atoms with Crippen LogP contribution in [-0.4, -0.2) is 21.3 Å². The molecule has 12 heavy (non-hydrogen) atoms. The molecule has 0 amide bonds. The van der Waals surface area contributed by atoms with Crippen molar-refractivity contribution in [3.63, 3.8) is 0 Å². The van der Waals surface area contributed by atoms with E-state index in [4.69, 9.17) is 11.6 Å². The van der Waals surface area contributed by atoms with Crippen LogP contribution in [0, 0.1) is 5.92 Å². The fourth-order valence-electron chi connectivity index (χ4n) is 1.30. The molecule has 1 fully saturated rings. The Morgan fingerprint density at radius 1 is 1.67 bits per heavy atom. The zero-order valence-electron chi connectivity index (χ0n) is 6.53. The van der Waals surface area contributed by atoms with Crippen molar-refractivity contribution in [3.8, 4) is 0 Å². The van der Waals surface area contributed by atoms with Gasteiger partial charge in [-0.2, -0.15) is 4.37 Å². The number of hydrogen-bond acceptors (Lipinski definition) is 4. The lowest BCUT2D eigenvalue weighted by Crippen LogP contribution is -2.29. The third-order valence-electron chi connectivity index (χ3n) is 2.08. The molecule has 1 N–H and O–H groups in total. The minimum atomic E-state index is 0.409. The maximum Gasteiger partial charge on any atom is 0.202 e. The Hall–Kier alpha value is -0.350. The second-order valence-corrected chi connectivity index (χ2v) is 4.46. The summed E-state index contributed by atoms with van der Waals surface area (Å²) in [5.74, 6) is 0.733. The topological polar surface area (TPSA) is 37.8 Å². The highest BCUT2D eigenvalue weighted by atomic mass is 35.5. The van der Waals surface area contributed by atoms with Gasteiger partial charge in [0.05, 0.1) is 0 Å². The summed E-state index contributed by atoms with van der Waals surface area (Å²) in [7, 11) is 0. The Morgan fingerprint density at radius 2 is 2.50 bits per heavy atom. The lowest BCUT2D eigenvalue weighted by Gasteiger charge is -2.30. The molecule has 0 aromatic carbocycles. The minimum absolute atomic E-state index is 0.409. The first-order valence-corrected chi connectivity index (χ1v) is 5.20. The number of alkyl halides is 1. The summed E-state index contributed by atoms with van der Waals surface area (Å²) in [6, 6.07) is 0. The van der Waals surface area contributed by atoms with Crippen LogP contribution in [0.2, 0.25) is 0 Å². The van der Waals surface area contributed by atoms with E-state index in [1.165, 1.54) is 11.5 Å². The third-order valence-corrected chi connectivity index (χ3v) is 3.06. The van der Waals surface area contributed by atoms with Crippen molar-refractivity contribution in [2.45, 2.75) is 18.2 Å². The molecule has 5 heteroatoms. The minimum Gasteiger partial charge on any atom is -0.360 e. The van der Waals surface area contributed by atoms with Crippen LogP contribution >= 0.6 is 23.1 Å². The average Bonchev–Trinajstić information content (AvgIpc) is 2.47. The first-order valence-electron chi connectivity index (χ1n) is 3.99. The number of anilines is 1. The molecule has 66 valence electrons. The Labute approximate surface area is 80.3 Å². The zero-order valence-corrected chi connectivity index (χ0v) is 8.11. The molecule has 0 spiro atoms. The molecule has 0 atom stereocenters. The van der Waals surface area contributed by atoms with Gasteiger partial charge in [-0.05, 0) is 18.8 Å². The summed E-state index contributed by atoms with van der Waals surface area (Å²) < 4.78 is 3.90. The number of nitrogens with one attached hydrogen (secondary N) is 1. The van der Waals surface area contributed by atoms with E-state index in [9.17, 15) is 0 Å². The molecule has 1 aliphatic carbocycles. The summed E-state index contributed by atoms with van der Waals surface area (Å²) >= 11 is 7.25. The van der Waals surface area contributed by atoms with Gasteiger partial charge in [0.1, 0.15) is 6.33 Å². The number of hydrogen-bond donors (Lipinski definition) is 1. The Bertz CT molecular complexity index is 233. The molecule has 1 heterocycles. The molecule has 1 aromatic heterocycles. The van der Waals surface area contributed by atoms with Crippen LogP contribution in [0.5, 0.6) is 0 Å². The zero-order chi connectivity index (χ0) is 8.39. The van der Waals surface area contributed by atoms with Gasteiger partial charge >= 0.3 is 0 Å². The van der Waals surface area contributed by atoms with E-state index in [2.05, 4.69) is 14.7 Å². The Morgan fingerprint density at radius 3 is 3.08 bits per heavy atom. The van der Waals surface area contributed by atoms with E-state index in [0.717, 1.165) is 30.4 Å². The van der Waals surface area contributed by atoms with Gasteiger partial charge in [0.15, 0.2) is 0 Å². The van der Waals surface area contributed by atoms with Crippen molar-refractivity contribution < 1.29 is 0 Å². The van der Waals surface area contributed by atoms with E-state index in [0.29, 0.717) is 5.38 Å². The van der Waals surface area contributed by atoms with Gasteiger partial charge in [-0.15, -0.1) is 11.6 Å². The van der Waals surface area contributed by atoms with E-state index < -0.39 is 0 Å². The first-order chi connectivity index (χ1) is 5.84. The third kappa shape index (κ3) is 1.87. The predicted molar refractivity (Wildman–Crippen MR) is 50.8 cm³/mol. The molecule has 1 aromatic rings. The summed E-state index contributed by atoms with van der Waals surface area (Å²) in [6.45, 7) is 0.985. The summed E-state index contributed by atoms with van der Waals surface area (Å²) in [4.78, 5) is 4.03. The van der Waals surface area contributed by atoms with Crippen molar-refractivity contribution in [1.82, 2.24) is 9.36 Å². The van der Waals surface area contributed by atoms with Gasteiger partial charge in [0.2, 0.25) is 5.13 Å². The number of aromatic nitrogens is 2. The van der Waals surface area contributed by atoms with Crippen molar-refractivity contribution in [1.29, 1.82) is 0 Å². The van der Waals surface area contributed by atoms with Gasteiger partial charge < -0.3 is 5.32 Å². The lowest BCUT2D eigenvalue weighted by molar-refractivity contribution is 0.341. The fraction of sp³-hybridized carbons (Fsp3) is 0.714. The molecule has 0 aliphatic heterocycles. The molecular weight excluding hydrogens is 194 g/mol. The average molecular weight is 204 g/mol. The molecule has 0 unspecified atom stereocenters. The van der Waals surface area contributed by atoms with E-state index in [-0.39, 0.29) is 0 Å². The normalized spacial score (nSPS) is 28.1. The van der Waals surface area contributed by atoms with Crippen molar-refractivity contribution in [3.05, 3.63) is 6.33 Å². The first kappa shape index (κ1) is 8.26.